The molecule has 6 heteroatoms. The minimum absolute atomic E-state index is 0.725. The number of hydrogen-bond acceptors (Lipinski definition) is 5. The molecule has 0 atom stereocenters. The second-order valence-electron chi connectivity index (χ2n) is 4.70. The molecule has 3 heterocycles. The standard InChI is InChI=1S/C15H14N4S2/c1-10-5-3-7-16-13(10)18-15-19(12(20)9-21-15)14-11(2)6-4-8-17-14/h3-8H,9H2,1-2H3/b18-15-. The van der Waals surface area contributed by atoms with Crippen LogP contribution in [0.15, 0.2) is 41.7 Å². The lowest BCUT2D eigenvalue weighted by Gasteiger charge is -2.18. The van der Waals surface area contributed by atoms with Crippen LogP contribution in [0.5, 0.6) is 0 Å². The molecule has 106 valence electrons. The van der Waals surface area contributed by atoms with Crippen LogP contribution in [0.2, 0.25) is 0 Å². The Balaban J connectivity index is 2.05. The van der Waals surface area contributed by atoms with Crippen LogP contribution in [0.3, 0.4) is 0 Å². The molecule has 1 aliphatic rings. The highest BCUT2D eigenvalue weighted by atomic mass is 32.2. The molecular formula is C15H14N4S2. The van der Waals surface area contributed by atoms with Gasteiger partial charge in [-0.15, -0.1) is 0 Å². The Labute approximate surface area is 133 Å². The number of aromatic nitrogens is 2. The van der Waals surface area contributed by atoms with Crippen molar-refractivity contribution in [1.82, 2.24) is 9.97 Å². The van der Waals surface area contributed by atoms with Crippen LogP contribution in [0.1, 0.15) is 11.1 Å². The van der Waals surface area contributed by atoms with Gasteiger partial charge in [0.2, 0.25) is 0 Å². The number of aliphatic imine (C=N–C) groups is 1. The van der Waals surface area contributed by atoms with Gasteiger partial charge in [-0.1, -0.05) is 36.1 Å². The van der Waals surface area contributed by atoms with E-state index in [4.69, 9.17) is 12.2 Å². The maximum absolute atomic E-state index is 5.47. The van der Waals surface area contributed by atoms with Gasteiger partial charge in [0.05, 0.1) is 5.75 Å². The summed E-state index contributed by atoms with van der Waals surface area (Å²) in [5.74, 6) is 2.32. The molecule has 0 aromatic carbocycles. The summed E-state index contributed by atoms with van der Waals surface area (Å²) in [6.07, 6.45) is 3.53. The fraction of sp³-hybridized carbons (Fsp3) is 0.200. The number of hydrogen-bond donors (Lipinski definition) is 0. The van der Waals surface area contributed by atoms with E-state index in [-0.39, 0.29) is 0 Å². The van der Waals surface area contributed by atoms with E-state index in [1.807, 2.05) is 43.0 Å². The molecule has 0 N–H and O–H groups in total. The largest absolute Gasteiger partial charge is 0.266 e. The summed E-state index contributed by atoms with van der Waals surface area (Å²) in [4.78, 5) is 16.2. The zero-order valence-electron chi connectivity index (χ0n) is 11.8. The molecule has 1 aliphatic heterocycles. The van der Waals surface area contributed by atoms with Gasteiger partial charge in [-0.05, 0) is 37.1 Å². The van der Waals surface area contributed by atoms with Crippen molar-refractivity contribution in [3.05, 3.63) is 47.8 Å². The Bertz CT molecular complexity index is 727. The van der Waals surface area contributed by atoms with Crippen LogP contribution < -0.4 is 4.90 Å². The second-order valence-corrected chi connectivity index (χ2v) is 6.11. The summed E-state index contributed by atoms with van der Waals surface area (Å²) in [6, 6.07) is 7.86. The molecule has 0 saturated carbocycles. The minimum atomic E-state index is 0.725. The fourth-order valence-electron chi connectivity index (χ4n) is 2.05. The number of aryl methyl sites for hydroxylation is 2. The number of thioether (sulfide) groups is 1. The van der Waals surface area contributed by atoms with Gasteiger partial charge in [0.15, 0.2) is 11.0 Å². The van der Waals surface area contributed by atoms with Gasteiger partial charge >= 0.3 is 0 Å². The Morgan fingerprint density at radius 2 is 1.86 bits per heavy atom. The Morgan fingerprint density at radius 3 is 2.57 bits per heavy atom. The summed E-state index contributed by atoms with van der Waals surface area (Å²) in [5.41, 5.74) is 2.12. The number of nitrogens with zero attached hydrogens (tertiary/aromatic N) is 4. The number of pyridine rings is 2. The van der Waals surface area contributed by atoms with E-state index in [2.05, 4.69) is 15.0 Å². The number of amidine groups is 1. The third-order valence-corrected chi connectivity index (χ3v) is 4.60. The number of thiocarbonyl (C=S) groups is 1. The third-order valence-electron chi connectivity index (χ3n) is 3.14. The normalized spacial score (nSPS) is 16.8. The molecule has 2 aromatic heterocycles. The Kier molecular flexibility index (Phi) is 3.98. The average Bonchev–Trinajstić information content (AvgIpc) is 2.83. The first-order valence-electron chi connectivity index (χ1n) is 6.54. The summed E-state index contributed by atoms with van der Waals surface area (Å²) < 4.78 is 0. The molecule has 0 spiro atoms. The minimum Gasteiger partial charge on any atom is -0.266 e. The first kappa shape index (κ1) is 14.2. The van der Waals surface area contributed by atoms with Crippen molar-refractivity contribution in [2.75, 3.05) is 10.7 Å². The monoisotopic (exact) mass is 314 g/mol. The highest BCUT2D eigenvalue weighted by Crippen LogP contribution is 2.30. The van der Waals surface area contributed by atoms with Crippen molar-refractivity contribution in [2.24, 2.45) is 4.99 Å². The van der Waals surface area contributed by atoms with Gasteiger partial charge in [0, 0.05) is 12.4 Å². The van der Waals surface area contributed by atoms with Crippen LogP contribution >= 0.6 is 24.0 Å². The predicted molar refractivity (Wildman–Crippen MR) is 92.6 cm³/mol. The molecule has 0 unspecified atom stereocenters. The van der Waals surface area contributed by atoms with Crippen molar-refractivity contribution in [1.29, 1.82) is 0 Å². The van der Waals surface area contributed by atoms with Crippen molar-refractivity contribution in [2.45, 2.75) is 13.8 Å². The van der Waals surface area contributed by atoms with E-state index < -0.39 is 0 Å². The number of anilines is 1. The van der Waals surface area contributed by atoms with Crippen molar-refractivity contribution < 1.29 is 0 Å². The molecule has 21 heavy (non-hydrogen) atoms. The molecule has 1 saturated heterocycles. The van der Waals surface area contributed by atoms with Crippen LogP contribution in [0.4, 0.5) is 11.6 Å². The maximum Gasteiger partial charge on any atom is 0.177 e. The maximum atomic E-state index is 5.47. The fourth-order valence-corrected chi connectivity index (χ4v) is 3.32. The van der Waals surface area contributed by atoms with E-state index >= 15 is 0 Å². The second kappa shape index (κ2) is 5.91. The summed E-state index contributed by atoms with van der Waals surface area (Å²) in [5, 5.41) is 0.837. The van der Waals surface area contributed by atoms with E-state index in [0.29, 0.717) is 0 Å². The molecule has 0 radical (unpaired) electrons. The van der Waals surface area contributed by atoms with Crippen LogP contribution in [0, 0.1) is 13.8 Å². The lowest BCUT2D eigenvalue weighted by Crippen LogP contribution is -2.29. The summed E-state index contributed by atoms with van der Waals surface area (Å²) in [7, 11) is 0. The Morgan fingerprint density at radius 1 is 1.14 bits per heavy atom. The summed E-state index contributed by atoms with van der Waals surface area (Å²) in [6.45, 7) is 4.03. The van der Waals surface area contributed by atoms with Crippen LogP contribution in [-0.2, 0) is 0 Å². The highest BCUT2D eigenvalue weighted by Gasteiger charge is 2.28. The number of rotatable bonds is 2. The molecule has 1 fully saturated rings. The van der Waals surface area contributed by atoms with Crippen molar-refractivity contribution in [3.8, 4) is 0 Å². The third kappa shape index (κ3) is 2.82. The van der Waals surface area contributed by atoms with Crippen LogP contribution in [-0.4, -0.2) is 25.9 Å². The zero-order valence-corrected chi connectivity index (χ0v) is 13.4. The van der Waals surface area contributed by atoms with E-state index in [1.165, 1.54) is 0 Å². The quantitative estimate of drug-likeness (QED) is 0.791. The van der Waals surface area contributed by atoms with E-state index in [1.54, 1.807) is 24.2 Å². The SMILES string of the molecule is Cc1cccnc1/N=C1\SCC(=S)N1c1ncccc1C. The van der Waals surface area contributed by atoms with Gasteiger partial charge in [-0.3, -0.25) is 4.90 Å². The predicted octanol–water partition coefficient (Wildman–Crippen LogP) is 3.66. The smallest absolute Gasteiger partial charge is 0.177 e. The van der Waals surface area contributed by atoms with Gasteiger partial charge in [-0.2, -0.15) is 0 Å². The lowest BCUT2D eigenvalue weighted by atomic mass is 10.3. The molecule has 3 rings (SSSR count). The topological polar surface area (TPSA) is 41.4 Å². The highest BCUT2D eigenvalue weighted by molar-refractivity contribution is 8.16. The first-order valence-corrected chi connectivity index (χ1v) is 7.94. The average molecular weight is 314 g/mol. The molecule has 2 aromatic rings. The molecular weight excluding hydrogens is 300 g/mol. The first-order chi connectivity index (χ1) is 10.2. The molecule has 0 aliphatic carbocycles. The van der Waals surface area contributed by atoms with Crippen molar-refractivity contribution in [3.63, 3.8) is 0 Å². The molecule has 4 nitrogen and oxygen atoms in total. The van der Waals surface area contributed by atoms with Gasteiger partial charge < -0.3 is 0 Å². The van der Waals surface area contributed by atoms with E-state index in [9.17, 15) is 0 Å². The Hall–Kier alpha value is -1.79. The van der Waals surface area contributed by atoms with Crippen molar-refractivity contribution >= 4 is 45.8 Å². The van der Waals surface area contributed by atoms with Crippen LogP contribution in [0.25, 0.3) is 0 Å². The lowest BCUT2D eigenvalue weighted by molar-refractivity contribution is 1.19. The van der Waals surface area contributed by atoms with Gasteiger partial charge in [0.1, 0.15) is 10.8 Å². The summed E-state index contributed by atoms with van der Waals surface area (Å²) >= 11 is 7.09. The van der Waals surface area contributed by atoms with Gasteiger partial charge in [0.25, 0.3) is 0 Å². The van der Waals surface area contributed by atoms with E-state index in [0.717, 1.165) is 38.7 Å². The molecule has 0 amide bonds. The van der Waals surface area contributed by atoms with Gasteiger partial charge in [-0.25, -0.2) is 15.0 Å². The molecule has 0 bridgehead atoms. The zero-order chi connectivity index (χ0) is 14.8.